The second-order valence-corrected chi connectivity index (χ2v) is 6.56. The average molecular weight is 254 g/mol. The third-order valence-electron chi connectivity index (χ3n) is 4.86. The van der Waals surface area contributed by atoms with Crippen LogP contribution in [-0.4, -0.2) is 42.6 Å². The first kappa shape index (κ1) is 13.8. The van der Waals surface area contributed by atoms with Crippen molar-refractivity contribution in [2.24, 2.45) is 23.0 Å². The Kier molecular flexibility index (Phi) is 3.70. The summed E-state index contributed by atoms with van der Waals surface area (Å²) >= 11 is 0. The number of hydrogen-bond donors (Lipinski definition) is 1. The summed E-state index contributed by atoms with van der Waals surface area (Å²) in [5.41, 5.74) is 5.53. The lowest BCUT2D eigenvalue weighted by molar-refractivity contribution is -0.148. The zero-order valence-electron chi connectivity index (χ0n) is 12.0. The van der Waals surface area contributed by atoms with Crippen molar-refractivity contribution in [1.29, 1.82) is 0 Å². The van der Waals surface area contributed by atoms with Crippen LogP contribution < -0.4 is 5.73 Å². The van der Waals surface area contributed by atoms with Crippen LogP contribution in [0.5, 0.6) is 0 Å². The maximum atomic E-state index is 12.8. The molecule has 0 aromatic carbocycles. The molecule has 5 atom stereocenters. The van der Waals surface area contributed by atoms with E-state index in [0.717, 1.165) is 6.54 Å². The third kappa shape index (κ3) is 2.16. The van der Waals surface area contributed by atoms with Gasteiger partial charge >= 0.3 is 0 Å². The Labute approximate surface area is 110 Å². The molecule has 0 radical (unpaired) electrons. The van der Waals surface area contributed by atoms with Gasteiger partial charge in [0, 0.05) is 18.6 Å². The Balaban J connectivity index is 2.17. The molecule has 104 valence electrons. The zero-order valence-corrected chi connectivity index (χ0v) is 12.0. The molecule has 0 spiro atoms. The smallest absolute Gasteiger partial charge is 0.232 e. The van der Waals surface area contributed by atoms with Crippen molar-refractivity contribution in [2.75, 3.05) is 19.8 Å². The Bertz CT molecular complexity index is 334. The molecule has 2 heterocycles. The van der Waals surface area contributed by atoms with Crippen molar-refractivity contribution < 1.29 is 9.53 Å². The number of piperidine rings is 1. The minimum absolute atomic E-state index is 0.176. The fourth-order valence-electron chi connectivity index (χ4n) is 3.22. The highest BCUT2D eigenvalue weighted by Gasteiger charge is 2.48. The largest absolute Gasteiger partial charge is 0.379 e. The predicted molar refractivity (Wildman–Crippen MR) is 71.0 cm³/mol. The Morgan fingerprint density at radius 2 is 2.06 bits per heavy atom. The van der Waals surface area contributed by atoms with E-state index in [0.29, 0.717) is 31.1 Å². The standard InChI is InChI=1S/C14H26N2O2/c1-9-5-10(2)11(3)16(6-9)13(17)14(4)8-18-7-12(14)15/h9-12H,5-8,15H2,1-4H3. The molecule has 0 aromatic rings. The van der Waals surface area contributed by atoms with Gasteiger partial charge in [-0.2, -0.15) is 0 Å². The molecular formula is C14H26N2O2. The van der Waals surface area contributed by atoms with Gasteiger partial charge in [0.05, 0.1) is 18.6 Å². The van der Waals surface area contributed by atoms with Crippen molar-refractivity contribution in [3.05, 3.63) is 0 Å². The summed E-state index contributed by atoms with van der Waals surface area (Å²) in [6.07, 6.45) is 1.20. The summed E-state index contributed by atoms with van der Waals surface area (Å²) in [7, 11) is 0. The molecule has 5 unspecified atom stereocenters. The van der Waals surface area contributed by atoms with Gasteiger partial charge in [-0.25, -0.2) is 0 Å². The van der Waals surface area contributed by atoms with Gasteiger partial charge in [0.25, 0.3) is 0 Å². The molecule has 2 aliphatic heterocycles. The van der Waals surface area contributed by atoms with Crippen LogP contribution in [-0.2, 0) is 9.53 Å². The Morgan fingerprint density at radius 3 is 2.61 bits per heavy atom. The van der Waals surface area contributed by atoms with Crippen molar-refractivity contribution in [2.45, 2.75) is 46.2 Å². The third-order valence-corrected chi connectivity index (χ3v) is 4.86. The number of carbonyl (C=O) groups excluding carboxylic acids is 1. The molecule has 2 aliphatic rings. The second-order valence-electron chi connectivity index (χ2n) is 6.56. The topological polar surface area (TPSA) is 55.6 Å². The van der Waals surface area contributed by atoms with Gasteiger partial charge in [0.2, 0.25) is 5.91 Å². The molecule has 0 saturated carbocycles. The van der Waals surface area contributed by atoms with Crippen LogP contribution in [0.4, 0.5) is 0 Å². The first-order chi connectivity index (χ1) is 8.36. The highest BCUT2D eigenvalue weighted by atomic mass is 16.5. The van der Waals surface area contributed by atoms with Crippen LogP contribution in [0, 0.1) is 17.3 Å². The molecule has 2 rings (SSSR count). The minimum atomic E-state index is -0.537. The average Bonchev–Trinajstić information content (AvgIpc) is 2.64. The van der Waals surface area contributed by atoms with Crippen LogP contribution in [0.2, 0.25) is 0 Å². The summed E-state index contributed by atoms with van der Waals surface area (Å²) in [5.74, 6) is 1.31. The lowest BCUT2D eigenvalue weighted by Crippen LogP contribution is -2.57. The summed E-state index contributed by atoms with van der Waals surface area (Å²) in [6, 6.07) is 0.128. The van der Waals surface area contributed by atoms with E-state index >= 15 is 0 Å². The fourth-order valence-corrected chi connectivity index (χ4v) is 3.22. The van der Waals surface area contributed by atoms with Crippen LogP contribution in [0.25, 0.3) is 0 Å². The van der Waals surface area contributed by atoms with Crippen LogP contribution >= 0.6 is 0 Å². The first-order valence-electron chi connectivity index (χ1n) is 7.00. The molecule has 0 aromatic heterocycles. The van der Waals surface area contributed by atoms with Gasteiger partial charge < -0.3 is 15.4 Å². The molecular weight excluding hydrogens is 228 g/mol. The monoisotopic (exact) mass is 254 g/mol. The van der Waals surface area contributed by atoms with E-state index in [9.17, 15) is 4.79 Å². The van der Waals surface area contributed by atoms with Gasteiger partial charge in [-0.05, 0) is 32.1 Å². The predicted octanol–water partition coefficient (Wildman–Crippen LogP) is 1.24. The van der Waals surface area contributed by atoms with Gasteiger partial charge in [-0.15, -0.1) is 0 Å². The van der Waals surface area contributed by atoms with Crippen molar-refractivity contribution in [3.8, 4) is 0 Å². The molecule has 4 heteroatoms. The molecule has 2 saturated heterocycles. The zero-order chi connectivity index (χ0) is 13.5. The molecule has 0 aliphatic carbocycles. The quantitative estimate of drug-likeness (QED) is 0.766. The Hall–Kier alpha value is -0.610. The maximum absolute atomic E-state index is 12.8. The van der Waals surface area contributed by atoms with E-state index in [4.69, 9.17) is 10.5 Å². The summed E-state index contributed by atoms with van der Waals surface area (Å²) < 4.78 is 5.40. The summed E-state index contributed by atoms with van der Waals surface area (Å²) in [4.78, 5) is 14.8. The lowest BCUT2D eigenvalue weighted by atomic mass is 9.80. The van der Waals surface area contributed by atoms with E-state index in [1.165, 1.54) is 6.42 Å². The number of ether oxygens (including phenoxy) is 1. The number of carbonyl (C=O) groups is 1. The number of rotatable bonds is 1. The normalized spacial score (nSPS) is 45.3. The molecule has 1 amide bonds. The van der Waals surface area contributed by atoms with E-state index in [-0.39, 0.29) is 11.9 Å². The molecule has 2 N–H and O–H groups in total. The van der Waals surface area contributed by atoms with E-state index in [1.807, 2.05) is 11.8 Å². The number of hydrogen-bond acceptors (Lipinski definition) is 3. The van der Waals surface area contributed by atoms with Crippen molar-refractivity contribution >= 4 is 5.91 Å². The number of likely N-dealkylation sites (tertiary alicyclic amines) is 1. The first-order valence-corrected chi connectivity index (χ1v) is 7.00. The summed E-state index contributed by atoms with van der Waals surface area (Å²) in [6.45, 7) is 10.4. The van der Waals surface area contributed by atoms with Gasteiger partial charge in [0.15, 0.2) is 0 Å². The van der Waals surface area contributed by atoms with Crippen LogP contribution in [0.3, 0.4) is 0 Å². The van der Waals surface area contributed by atoms with Gasteiger partial charge in [-0.3, -0.25) is 4.79 Å². The van der Waals surface area contributed by atoms with E-state index < -0.39 is 5.41 Å². The summed E-state index contributed by atoms with van der Waals surface area (Å²) in [5, 5.41) is 0. The molecule has 2 fully saturated rings. The minimum Gasteiger partial charge on any atom is -0.379 e. The SMILES string of the molecule is CC1CC(C)C(C)N(C(=O)C2(C)COCC2N)C1. The molecule has 0 bridgehead atoms. The number of nitrogens with two attached hydrogens (primary N) is 1. The number of amides is 1. The fraction of sp³-hybridized carbons (Fsp3) is 0.929. The van der Waals surface area contributed by atoms with E-state index in [2.05, 4.69) is 20.8 Å². The Morgan fingerprint density at radius 1 is 1.39 bits per heavy atom. The highest BCUT2D eigenvalue weighted by Crippen LogP contribution is 2.34. The number of nitrogens with zero attached hydrogens (tertiary/aromatic N) is 1. The molecule has 18 heavy (non-hydrogen) atoms. The lowest BCUT2D eigenvalue weighted by Gasteiger charge is -2.44. The van der Waals surface area contributed by atoms with Crippen LogP contribution in [0.1, 0.15) is 34.1 Å². The van der Waals surface area contributed by atoms with Crippen molar-refractivity contribution in [3.63, 3.8) is 0 Å². The molecule has 4 nitrogen and oxygen atoms in total. The van der Waals surface area contributed by atoms with Gasteiger partial charge in [-0.1, -0.05) is 13.8 Å². The van der Waals surface area contributed by atoms with E-state index in [1.54, 1.807) is 0 Å². The van der Waals surface area contributed by atoms with Crippen molar-refractivity contribution in [1.82, 2.24) is 4.90 Å². The maximum Gasteiger partial charge on any atom is 0.232 e. The van der Waals surface area contributed by atoms with Crippen LogP contribution in [0.15, 0.2) is 0 Å². The van der Waals surface area contributed by atoms with Gasteiger partial charge in [0.1, 0.15) is 0 Å². The highest BCUT2D eigenvalue weighted by molar-refractivity contribution is 5.84. The second kappa shape index (κ2) is 4.82.